The fourth-order valence-electron chi connectivity index (χ4n) is 2.14. The van der Waals surface area contributed by atoms with Crippen molar-refractivity contribution in [3.8, 4) is 0 Å². The summed E-state index contributed by atoms with van der Waals surface area (Å²) in [6, 6.07) is 2.11. The Morgan fingerprint density at radius 3 is 2.72 bits per heavy atom. The lowest BCUT2D eigenvalue weighted by Crippen LogP contribution is -2.37. The fraction of sp³-hybridized carbons (Fsp3) is 0.643. The zero-order valence-corrected chi connectivity index (χ0v) is 11.6. The van der Waals surface area contributed by atoms with Crippen molar-refractivity contribution < 1.29 is 9.53 Å². The zero-order chi connectivity index (χ0) is 13.3. The minimum Gasteiger partial charge on any atom is -0.379 e. The van der Waals surface area contributed by atoms with E-state index < -0.39 is 0 Å². The van der Waals surface area contributed by atoms with E-state index >= 15 is 0 Å². The second-order valence-corrected chi connectivity index (χ2v) is 5.91. The normalized spacial score (nSPS) is 20.1. The lowest BCUT2D eigenvalue weighted by molar-refractivity contribution is 0.0711. The Bertz CT molecular complexity index is 425. The number of hydrogen-bond donors (Lipinski definition) is 0. The summed E-state index contributed by atoms with van der Waals surface area (Å²) in [6.07, 6.45) is 4.82. The third kappa shape index (κ3) is 2.58. The van der Waals surface area contributed by atoms with Crippen LogP contribution >= 0.6 is 0 Å². The number of nitrogens with zero attached hydrogens (tertiary/aromatic N) is 2. The van der Waals surface area contributed by atoms with E-state index in [1.807, 2.05) is 25.5 Å². The molecule has 4 nitrogen and oxygen atoms in total. The van der Waals surface area contributed by atoms with Gasteiger partial charge in [0.1, 0.15) is 0 Å². The van der Waals surface area contributed by atoms with E-state index in [-0.39, 0.29) is 17.5 Å². The van der Waals surface area contributed by atoms with Crippen LogP contribution in [-0.2, 0) is 10.3 Å². The van der Waals surface area contributed by atoms with Crippen LogP contribution in [0.4, 0.5) is 0 Å². The molecule has 4 heteroatoms. The first-order valence-electron chi connectivity index (χ1n) is 6.43. The zero-order valence-electron chi connectivity index (χ0n) is 11.6. The molecule has 18 heavy (non-hydrogen) atoms. The van der Waals surface area contributed by atoms with Gasteiger partial charge >= 0.3 is 0 Å². The number of likely N-dealkylation sites (N-methyl/N-ethyl adjacent to an activating group) is 1. The van der Waals surface area contributed by atoms with Crippen LogP contribution < -0.4 is 0 Å². The molecule has 1 aromatic rings. The molecule has 0 aliphatic carbocycles. The smallest absolute Gasteiger partial charge is 0.255 e. The fourth-order valence-corrected chi connectivity index (χ4v) is 2.14. The van der Waals surface area contributed by atoms with Crippen LogP contribution in [0.25, 0.3) is 0 Å². The highest BCUT2D eigenvalue weighted by Crippen LogP contribution is 2.18. The molecule has 100 valence electrons. The summed E-state index contributed by atoms with van der Waals surface area (Å²) in [6.45, 7) is 7.77. The van der Waals surface area contributed by atoms with Gasteiger partial charge in [-0.2, -0.15) is 0 Å². The van der Waals surface area contributed by atoms with E-state index in [0.717, 1.165) is 18.6 Å². The topological polar surface area (TPSA) is 34.5 Å². The highest BCUT2D eigenvalue weighted by molar-refractivity contribution is 5.94. The van der Waals surface area contributed by atoms with Gasteiger partial charge in [0.15, 0.2) is 0 Å². The molecule has 0 radical (unpaired) electrons. The second-order valence-electron chi connectivity index (χ2n) is 5.91. The summed E-state index contributed by atoms with van der Waals surface area (Å²) in [7, 11) is 1.86. The van der Waals surface area contributed by atoms with Crippen molar-refractivity contribution in [2.45, 2.75) is 38.8 Å². The Labute approximate surface area is 109 Å². The van der Waals surface area contributed by atoms with Gasteiger partial charge in [-0.3, -0.25) is 4.79 Å². The lowest BCUT2D eigenvalue weighted by atomic mass is 10.1. The molecule has 1 fully saturated rings. The van der Waals surface area contributed by atoms with Crippen LogP contribution in [0.15, 0.2) is 18.5 Å². The molecule has 2 heterocycles. The molecule has 1 aromatic heterocycles. The number of hydrogen-bond acceptors (Lipinski definition) is 2. The Morgan fingerprint density at radius 1 is 1.50 bits per heavy atom. The minimum atomic E-state index is 0.00751. The van der Waals surface area contributed by atoms with E-state index in [0.29, 0.717) is 6.61 Å². The van der Waals surface area contributed by atoms with Gasteiger partial charge in [0.25, 0.3) is 5.91 Å². The van der Waals surface area contributed by atoms with Crippen molar-refractivity contribution in [1.82, 2.24) is 9.47 Å². The average molecular weight is 250 g/mol. The van der Waals surface area contributed by atoms with Crippen molar-refractivity contribution in [3.63, 3.8) is 0 Å². The molecule has 1 atom stereocenters. The van der Waals surface area contributed by atoms with Crippen LogP contribution in [0, 0.1) is 0 Å². The first-order valence-corrected chi connectivity index (χ1v) is 6.43. The third-order valence-corrected chi connectivity index (χ3v) is 3.49. The van der Waals surface area contributed by atoms with Crippen molar-refractivity contribution in [3.05, 3.63) is 24.0 Å². The van der Waals surface area contributed by atoms with E-state index in [4.69, 9.17) is 4.74 Å². The maximum absolute atomic E-state index is 12.3. The molecule has 1 aliphatic rings. The van der Waals surface area contributed by atoms with Gasteiger partial charge in [-0.1, -0.05) is 0 Å². The second kappa shape index (κ2) is 4.76. The third-order valence-electron chi connectivity index (χ3n) is 3.49. The molecule has 0 N–H and O–H groups in total. The van der Waals surface area contributed by atoms with Crippen molar-refractivity contribution in [2.24, 2.45) is 0 Å². The van der Waals surface area contributed by atoms with Crippen molar-refractivity contribution >= 4 is 5.91 Å². The minimum absolute atomic E-state index is 0.00751. The van der Waals surface area contributed by atoms with Gasteiger partial charge in [0.2, 0.25) is 0 Å². The van der Waals surface area contributed by atoms with Gasteiger partial charge < -0.3 is 14.2 Å². The highest BCUT2D eigenvalue weighted by atomic mass is 16.5. The molecule has 0 aromatic carbocycles. The Hall–Kier alpha value is -1.29. The summed E-state index contributed by atoms with van der Waals surface area (Å²) >= 11 is 0. The molecule has 0 spiro atoms. The summed E-state index contributed by atoms with van der Waals surface area (Å²) in [5, 5.41) is 0. The number of carbonyl (C=O) groups is 1. The number of carbonyl (C=O) groups excluding carboxylic acids is 1. The number of amides is 1. The SMILES string of the molecule is CN(C(=O)c1ccn(C(C)(C)C)c1)C1CCOC1. The van der Waals surface area contributed by atoms with Crippen LogP contribution in [-0.4, -0.2) is 41.7 Å². The lowest BCUT2D eigenvalue weighted by Gasteiger charge is -2.23. The van der Waals surface area contributed by atoms with E-state index in [1.54, 1.807) is 4.90 Å². The number of rotatable bonds is 2. The summed E-state index contributed by atoms with van der Waals surface area (Å²) in [5.41, 5.74) is 0.757. The Morgan fingerprint density at radius 2 is 2.22 bits per heavy atom. The molecule has 0 saturated carbocycles. The summed E-state index contributed by atoms with van der Waals surface area (Å²) in [5.74, 6) is 0.0773. The van der Waals surface area contributed by atoms with Crippen molar-refractivity contribution in [1.29, 1.82) is 0 Å². The maximum atomic E-state index is 12.3. The standard InChI is InChI=1S/C14H22N2O2/c1-14(2,3)16-7-5-11(9-16)13(17)15(4)12-6-8-18-10-12/h5,7,9,12H,6,8,10H2,1-4H3. The first kappa shape index (κ1) is 13.1. The quantitative estimate of drug-likeness (QED) is 0.805. The molecule has 1 aliphatic heterocycles. The highest BCUT2D eigenvalue weighted by Gasteiger charge is 2.25. The predicted octanol–water partition coefficient (Wildman–Crippen LogP) is 2.10. The summed E-state index contributed by atoms with van der Waals surface area (Å²) < 4.78 is 7.39. The van der Waals surface area contributed by atoms with Gasteiger partial charge in [-0.25, -0.2) is 0 Å². The molecule has 0 bridgehead atoms. The van der Waals surface area contributed by atoms with Gasteiger partial charge in [-0.05, 0) is 33.3 Å². The van der Waals surface area contributed by atoms with E-state index in [1.165, 1.54) is 0 Å². The Balaban J connectivity index is 2.11. The maximum Gasteiger partial charge on any atom is 0.255 e. The molecular weight excluding hydrogens is 228 g/mol. The Kier molecular flexibility index (Phi) is 3.48. The monoisotopic (exact) mass is 250 g/mol. The largest absolute Gasteiger partial charge is 0.379 e. The molecule has 1 saturated heterocycles. The molecule has 1 amide bonds. The predicted molar refractivity (Wildman–Crippen MR) is 70.7 cm³/mol. The van der Waals surface area contributed by atoms with Crippen molar-refractivity contribution in [2.75, 3.05) is 20.3 Å². The van der Waals surface area contributed by atoms with Gasteiger partial charge in [0.05, 0.1) is 18.2 Å². The van der Waals surface area contributed by atoms with Gasteiger partial charge in [0, 0.05) is 31.6 Å². The molecule has 2 rings (SSSR count). The van der Waals surface area contributed by atoms with E-state index in [2.05, 4.69) is 25.3 Å². The van der Waals surface area contributed by atoms with Crippen LogP contribution in [0.3, 0.4) is 0 Å². The number of aromatic nitrogens is 1. The average Bonchev–Trinajstić information content (AvgIpc) is 2.96. The van der Waals surface area contributed by atoms with Crippen LogP contribution in [0.1, 0.15) is 37.6 Å². The summed E-state index contributed by atoms with van der Waals surface area (Å²) in [4.78, 5) is 14.1. The van der Waals surface area contributed by atoms with Crippen LogP contribution in [0.2, 0.25) is 0 Å². The molecule has 1 unspecified atom stereocenters. The first-order chi connectivity index (χ1) is 8.39. The van der Waals surface area contributed by atoms with Gasteiger partial charge in [-0.15, -0.1) is 0 Å². The van der Waals surface area contributed by atoms with Crippen LogP contribution in [0.5, 0.6) is 0 Å². The van der Waals surface area contributed by atoms with E-state index in [9.17, 15) is 4.79 Å². The molecular formula is C14H22N2O2. The number of ether oxygens (including phenoxy) is 1.